The second-order valence-electron chi connectivity index (χ2n) is 2.16. The van der Waals surface area contributed by atoms with Crippen molar-refractivity contribution in [2.24, 2.45) is 0 Å². The fourth-order valence-electron chi connectivity index (χ4n) is 0.779. The van der Waals surface area contributed by atoms with Crippen molar-refractivity contribution in [3.63, 3.8) is 0 Å². The van der Waals surface area contributed by atoms with Gasteiger partial charge < -0.3 is 4.74 Å². The van der Waals surface area contributed by atoms with Crippen LogP contribution in [0.15, 0.2) is 24.3 Å². The monoisotopic (exact) mass is 149 g/mol. The Hall–Kier alpha value is -1.31. The fraction of sp³-hybridized carbons (Fsp3) is 0.222. The first-order valence-corrected chi connectivity index (χ1v) is 3.34. The molecule has 0 atom stereocenters. The Morgan fingerprint density at radius 2 is 2.55 bits per heavy atom. The topological polar surface area (TPSA) is 26.3 Å². The molecular formula is C9H9O2. The fourth-order valence-corrected chi connectivity index (χ4v) is 0.779. The summed E-state index contributed by atoms with van der Waals surface area (Å²) in [7, 11) is 1.38. The molecule has 0 aliphatic heterocycles. The third kappa shape index (κ3) is 2.42. The predicted octanol–water partition coefficient (Wildman–Crippen LogP) is 1.20. The van der Waals surface area contributed by atoms with Crippen molar-refractivity contribution >= 4 is 5.97 Å². The van der Waals surface area contributed by atoms with Crippen LogP contribution >= 0.6 is 0 Å². The van der Waals surface area contributed by atoms with Crippen LogP contribution in [0.2, 0.25) is 0 Å². The predicted molar refractivity (Wildman–Crippen MR) is 41.0 cm³/mol. The van der Waals surface area contributed by atoms with E-state index in [0.717, 1.165) is 5.56 Å². The van der Waals surface area contributed by atoms with Crippen molar-refractivity contribution in [2.45, 2.75) is 6.42 Å². The van der Waals surface area contributed by atoms with E-state index in [9.17, 15) is 4.79 Å². The summed E-state index contributed by atoms with van der Waals surface area (Å²) in [5.74, 6) is -0.218. The van der Waals surface area contributed by atoms with Gasteiger partial charge in [-0.3, -0.25) is 4.79 Å². The summed E-state index contributed by atoms with van der Waals surface area (Å²) in [5, 5.41) is 0. The maximum absolute atomic E-state index is 10.7. The largest absolute Gasteiger partial charge is 0.469 e. The molecule has 1 aromatic carbocycles. The molecule has 0 N–H and O–H groups in total. The van der Waals surface area contributed by atoms with Gasteiger partial charge in [0.1, 0.15) is 0 Å². The lowest BCUT2D eigenvalue weighted by atomic mass is 10.2. The van der Waals surface area contributed by atoms with Crippen LogP contribution in [0.4, 0.5) is 0 Å². The summed E-state index contributed by atoms with van der Waals surface area (Å²) in [6, 6.07) is 10.2. The molecule has 0 fully saturated rings. The molecule has 0 saturated heterocycles. The molecular weight excluding hydrogens is 140 g/mol. The highest BCUT2D eigenvalue weighted by molar-refractivity contribution is 5.72. The Balaban J connectivity index is 2.58. The van der Waals surface area contributed by atoms with E-state index >= 15 is 0 Å². The first kappa shape index (κ1) is 7.79. The zero-order valence-electron chi connectivity index (χ0n) is 6.33. The van der Waals surface area contributed by atoms with Crippen molar-refractivity contribution in [1.29, 1.82) is 0 Å². The van der Waals surface area contributed by atoms with Crippen molar-refractivity contribution in [1.82, 2.24) is 0 Å². The smallest absolute Gasteiger partial charge is 0.309 e. The molecule has 1 aromatic rings. The van der Waals surface area contributed by atoms with Crippen LogP contribution < -0.4 is 0 Å². The van der Waals surface area contributed by atoms with Crippen molar-refractivity contribution < 1.29 is 9.53 Å². The molecule has 0 amide bonds. The first-order chi connectivity index (χ1) is 5.33. The van der Waals surface area contributed by atoms with E-state index in [4.69, 9.17) is 0 Å². The lowest BCUT2D eigenvalue weighted by Crippen LogP contribution is -2.03. The zero-order chi connectivity index (χ0) is 8.10. The molecule has 2 heteroatoms. The number of carbonyl (C=O) groups excluding carboxylic acids is 1. The zero-order valence-corrected chi connectivity index (χ0v) is 6.33. The Morgan fingerprint density at radius 1 is 1.73 bits per heavy atom. The first-order valence-electron chi connectivity index (χ1n) is 3.34. The number of benzene rings is 1. The number of carbonyl (C=O) groups is 1. The lowest BCUT2D eigenvalue weighted by molar-refractivity contribution is -0.139. The minimum absolute atomic E-state index is 0.218. The van der Waals surface area contributed by atoms with Crippen LogP contribution in [0.5, 0.6) is 0 Å². The molecule has 1 rings (SSSR count). The Kier molecular flexibility index (Phi) is 2.66. The minimum atomic E-state index is -0.218. The van der Waals surface area contributed by atoms with Crippen molar-refractivity contribution in [3.8, 4) is 0 Å². The second-order valence-corrected chi connectivity index (χ2v) is 2.16. The molecule has 0 aliphatic carbocycles. The molecule has 0 bridgehead atoms. The standard InChI is InChI=1S/C9H9O2/c1-11-9(10)7-8-5-3-2-4-6-8/h2-3,5-6H,7H2,1H3. The van der Waals surface area contributed by atoms with Crippen LogP contribution in [-0.4, -0.2) is 13.1 Å². The SMILES string of the molecule is COC(=O)Cc1c[c]ccc1. The molecule has 0 saturated carbocycles. The summed E-state index contributed by atoms with van der Waals surface area (Å²) in [5.41, 5.74) is 0.930. The molecule has 57 valence electrons. The van der Waals surface area contributed by atoms with E-state index in [1.54, 1.807) is 12.1 Å². The third-order valence-corrected chi connectivity index (χ3v) is 1.35. The summed E-state index contributed by atoms with van der Waals surface area (Å²) < 4.78 is 4.50. The van der Waals surface area contributed by atoms with Gasteiger partial charge in [-0.25, -0.2) is 0 Å². The van der Waals surface area contributed by atoms with Gasteiger partial charge in [0.25, 0.3) is 0 Å². The number of hydrogen-bond donors (Lipinski definition) is 0. The average Bonchev–Trinajstić information content (AvgIpc) is 2.06. The molecule has 0 aromatic heterocycles. The van der Waals surface area contributed by atoms with Gasteiger partial charge in [0.15, 0.2) is 0 Å². The molecule has 1 radical (unpaired) electrons. The summed E-state index contributed by atoms with van der Waals surface area (Å²) in [6.07, 6.45) is 0.327. The van der Waals surface area contributed by atoms with Crippen LogP contribution in [0, 0.1) is 6.07 Å². The highest BCUT2D eigenvalue weighted by Gasteiger charge is 1.99. The molecule has 11 heavy (non-hydrogen) atoms. The highest BCUT2D eigenvalue weighted by Crippen LogP contribution is 1.99. The van der Waals surface area contributed by atoms with Crippen LogP contribution in [0.1, 0.15) is 5.56 Å². The van der Waals surface area contributed by atoms with Gasteiger partial charge in [-0.1, -0.05) is 24.3 Å². The minimum Gasteiger partial charge on any atom is -0.469 e. The average molecular weight is 149 g/mol. The second kappa shape index (κ2) is 3.76. The Bertz CT molecular complexity index is 229. The maximum Gasteiger partial charge on any atom is 0.309 e. The number of hydrogen-bond acceptors (Lipinski definition) is 2. The van der Waals surface area contributed by atoms with Crippen LogP contribution in [0.25, 0.3) is 0 Å². The highest BCUT2D eigenvalue weighted by atomic mass is 16.5. The van der Waals surface area contributed by atoms with Crippen LogP contribution in [0.3, 0.4) is 0 Å². The van der Waals surface area contributed by atoms with E-state index in [-0.39, 0.29) is 5.97 Å². The third-order valence-electron chi connectivity index (χ3n) is 1.35. The summed E-state index contributed by atoms with van der Waals surface area (Å²) in [6.45, 7) is 0. The Morgan fingerprint density at radius 3 is 3.09 bits per heavy atom. The lowest BCUT2D eigenvalue weighted by Gasteiger charge is -1.97. The number of esters is 1. The van der Waals surface area contributed by atoms with Crippen molar-refractivity contribution in [2.75, 3.05) is 7.11 Å². The van der Waals surface area contributed by atoms with Gasteiger partial charge in [0.2, 0.25) is 0 Å². The number of methoxy groups -OCH3 is 1. The molecule has 2 nitrogen and oxygen atoms in total. The van der Waals surface area contributed by atoms with Gasteiger partial charge >= 0.3 is 5.97 Å². The van der Waals surface area contributed by atoms with E-state index in [1.807, 2.05) is 12.1 Å². The quantitative estimate of drug-likeness (QED) is 0.590. The van der Waals surface area contributed by atoms with E-state index in [0.29, 0.717) is 6.42 Å². The van der Waals surface area contributed by atoms with E-state index in [2.05, 4.69) is 10.8 Å². The van der Waals surface area contributed by atoms with Gasteiger partial charge in [-0.15, -0.1) is 0 Å². The molecule has 0 aliphatic rings. The van der Waals surface area contributed by atoms with Gasteiger partial charge in [0.05, 0.1) is 13.5 Å². The number of rotatable bonds is 2. The van der Waals surface area contributed by atoms with E-state index in [1.165, 1.54) is 7.11 Å². The van der Waals surface area contributed by atoms with E-state index < -0.39 is 0 Å². The van der Waals surface area contributed by atoms with Crippen LogP contribution in [-0.2, 0) is 16.0 Å². The van der Waals surface area contributed by atoms with Gasteiger partial charge in [0, 0.05) is 0 Å². The summed E-state index contributed by atoms with van der Waals surface area (Å²) in [4.78, 5) is 10.7. The molecule has 0 heterocycles. The van der Waals surface area contributed by atoms with Gasteiger partial charge in [-0.05, 0) is 11.6 Å². The Labute approximate surface area is 65.8 Å². The maximum atomic E-state index is 10.7. The normalized spacial score (nSPS) is 9.18. The number of ether oxygens (including phenoxy) is 1. The molecule has 0 spiro atoms. The summed E-state index contributed by atoms with van der Waals surface area (Å²) >= 11 is 0. The van der Waals surface area contributed by atoms with Gasteiger partial charge in [-0.2, -0.15) is 0 Å². The van der Waals surface area contributed by atoms with Crippen molar-refractivity contribution in [3.05, 3.63) is 35.9 Å². The molecule has 0 unspecified atom stereocenters.